The van der Waals surface area contributed by atoms with E-state index in [4.69, 9.17) is 4.74 Å². The Morgan fingerprint density at radius 3 is 2.63 bits per heavy atom. The molecule has 1 aliphatic rings. The third-order valence-electron chi connectivity index (χ3n) is 5.87. The van der Waals surface area contributed by atoms with E-state index in [1.807, 2.05) is 6.92 Å². The molecule has 1 heterocycles. The maximum absolute atomic E-state index is 11.9. The third kappa shape index (κ3) is 6.12. The average molecular weight is 526 g/mol. The predicted molar refractivity (Wildman–Crippen MR) is 134 cm³/mol. The van der Waals surface area contributed by atoms with Crippen LogP contribution in [0.15, 0.2) is 29.4 Å². The molecule has 0 aliphatic heterocycles. The molecular weight excluding hydrogens is 491 g/mol. The highest BCUT2D eigenvalue weighted by molar-refractivity contribution is 14.0. The van der Waals surface area contributed by atoms with Crippen molar-refractivity contribution in [3.8, 4) is 0 Å². The first-order valence-corrected chi connectivity index (χ1v) is 10.9. The largest absolute Gasteiger partial charge is 0.466 e. The van der Waals surface area contributed by atoms with Gasteiger partial charge in [0.25, 0.3) is 0 Å². The van der Waals surface area contributed by atoms with Crippen molar-refractivity contribution in [3.05, 3.63) is 35.5 Å². The number of halogens is 1. The van der Waals surface area contributed by atoms with Gasteiger partial charge in [0, 0.05) is 36.7 Å². The summed E-state index contributed by atoms with van der Waals surface area (Å²) in [6.45, 7) is 5.33. The fraction of sp³-hybridized carbons (Fsp3) is 0.565. The van der Waals surface area contributed by atoms with Crippen LogP contribution >= 0.6 is 24.0 Å². The monoisotopic (exact) mass is 526 g/mol. The normalized spacial score (nSPS) is 19.2. The van der Waals surface area contributed by atoms with Gasteiger partial charge in [0.15, 0.2) is 5.96 Å². The van der Waals surface area contributed by atoms with Gasteiger partial charge < -0.3 is 20.4 Å². The molecule has 3 N–H and O–H groups in total. The number of hydrogen-bond donors (Lipinski definition) is 3. The highest BCUT2D eigenvalue weighted by Gasteiger charge is 2.27. The number of nitrogens with one attached hydrogen (secondary N) is 3. The van der Waals surface area contributed by atoms with E-state index in [-0.39, 0.29) is 35.9 Å². The lowest BCUT2D eigenvalue weighted by Gasteiger charge is -2.29. The molecule has 166 valence electrons. The number of guanidine groups is 1. The fourth-order valence-electron chi connectivity index (χ4n) is 4.21. The van der Waals surface area contributed by atoms with E-state index >= 15 is 0 Å². The number of aromatic amines is 1. The summed E-state index contributed by atoms with van der Waals surface area (Å²) in [5, 5.41) is 8.26. The lowest BCUT2D eigenvalue weighted by molar-refractivity contribution is -0.149. The minimum atomic E-state index is -0.0431. The number of esters is 1. The Morgan fingerprint density at radius 2 is 1.97 bits per heavy atom. The summed E-state index contributed by atoms with van der Waals surface area (Å²) < 4.78 is 5.15. The van der Waals surface area contributed by atoms with E-state index in [1.165, 1.54) is 22.0 Å². The Labute approximate surface area is 196 Å². The molecule has 30 heavy (non-hydrogen) atoms. The van der Waals surface area contributed by atoms with Crippen molar-refractivity contribution in [2.45, 2.75) is 58.4 Å². The molecule has 0 amide bonds. The molecule has 1 aromatic carbocycles. The number of aryl methyl sites for hydroxylation is 1. The van der Waals surface area contributed by atoms with Gasteiger partial charge in [-0.05, 0) is 56.6 Å². The van der Waals surface area contributed by atoms with E-state index in [9.17, 15) is 4.79 Å². The van der Waals surface area contributed by atoms with Crippen molar-refractivity contribution >= 4 is 46.8 Å². The van der Waals surface area contributed by atoms with Crippen LogP contribution in [-0.2, 0) is 22.4 Å². The Balaban J connectivity index is 0.00000320. The second kappa shape index (κ2) is 12.2. The minimum absolute atomic E-state index is 0. The SMILES string of the molecule is CCOC(=O)C1CCC(NC(=NC)NCCc2c[nH]c3c(CC)cccc23)CC1.I. The Kier molecular flexibility index (Phi) is 9.94. The maximum Gasteiger partial charge on any atom is 0.308 e. The molecule has 3 rings (SSSR count). The smallest absolute Gasteiger partial charge is 0.308 e. The number of hydrogen-bond acceptors (Lipinski definition) is 3. The zero-order valence-electron chi connectivity index (χ0n) is 18.3. The van der Waals surface area contributed by atoms with E-state index in [1.54, 1.807) is 7.05 Å². The van der Waals surface area contributed by atoms with Crippen molar-refractivity contribution in [1.82, 2.24) is 15.6 Å². The van der Waals surface area contributed by atoms with Gasteiger partial charge in [-0.2, -0.15) is 0 Å². The lowest BCUT2D eigenvalue weighted by atomic mass is 9.86. The van der Waals surface area contributed by atoms with E-state index in [2.05, 4.69) is 51.9 Å². The van der Waals surface area contributed by atoms with Crippen LogP contribution in [0.25, 0.3) is 10.9 Å². The van der Waals surface area contributed by atoms with Crippen LogP contribution < -0.4 is 10.6 Å². The minimum Gasteiger partial charge on any atom is -0.466 e. The summed E-state index contributed by atoms with van der Waals surface area (Å²) in [6, 6.07) is 6.87. The molecule has 0 spiro atoms. The zero-order chi connectivity index (χ0) is 20.6. The van der Waals surface area contributed by atoms with Gasteiger partial charge >= 0.3 is 5.97 Å². The van der Waals surface area contributed by atoms with Crippen LogP contribution in [-0.4, -0.2) is 43.2 Å². The Hall–Kier alpha value is -1.77. The highest BCUT2D eigenvalue weighted by Crippen LogP contribution is 2.25. The van der Waals surface area contributed by atoms with E-state index < -0.39 is 0 Å². The van der Waals surface area contributed by atoms with Gasteiger partial charge in [0.05, 0.1) is 12.5 Å². The van der Waals surface area contributed by atoms with Crippen LogP contribution in [0, 0.1) is 5.92 Å². The predicted octanol–water partition coefficient (Wildman–Crippen LogP) is 4.18. The molecule has 0 atom stereocenters. The highest BCUT2D eigenvalue weighted by atomic mass is 127. The number of H-pyrrole nitrogens is 1. The molecule has 1 aliphatic carbocycles. The number of ether oxygens (including phenoxy) is 1. The standard InChI is InChI=1S/C23H34N4O2.HI/c1-4-16-7-6-8-20-18(15-26-21(16)20)13-14-25-23(24-3)27-19-11-9-17(10-12-19)22(28)29-5-2;/h6-8,15,17,19,26H,4-5,9-14H2,1-3H3,(H2,24,25,27);1H. The van der Waals surface area contributed by atoms with Crippen molar-refractivity contribution < 1.29 is 9.53 Å². The van der Waals surface area contributed by atoms with Crippen LogP contribution in [0.5, 0.6) is 0 Å². The molecule has 0 unspecified atom stereocenters. The molecule has 1 aromatic heterocycles. The fourth-order valence-corrected chi connectivity index (χ4v) is 4.21. The summed E-state index contributed by atoms with van der Waals surface area (Å²) in [5.74, 6) is 0.843. The number of carbonyl (C=O) groups excluding carboxylic acids is 1. The second-order valence-corrected chi connectivity index (χ2v) is 7.70. The van der Waals surface area contributed by atoms with Gasteiger partial charge in [-0.1, -0.05) is 25.1 Å². The molecule has 2 aromatic rings. The summed E-state index contributed by atoms with van der Waals surface area (Å²) in [6.07, 6.45) is 7.77. The second-order valence-electron chi connectivity index (χ2n) is 7.70. The Morgan fingerprint density at radius 1 is 1.20 bits per heavy atom. The Bertz CT molecular complexity index is 841. The summed E-state index contributed by atoms with van der Waals surface area (Å²) in [5.41, 5.74) is 3.94. The summed E-state index contributed by atoms with van der Waals surface area (Å²) in [7, 11) is 1.80. The number of aromatic nitrogens is 1. The van der Waals surface area contributed by atoms with Crippen LogP contribution in [0.3, 0.4) is 0 Å². The third-order valence-corrected chi connectivity index (χ3v) is 5.87. The molecule has 0 radical (unpaired) electrons. The van der Waals surface area contributed by atoms with E-state index in [0.29, 0.717) is 12.6 Å². The van der Waals surface area contributed by atoms with Crippen molar-refractivity contribution in [1.29, 1.82) is 0 Å². The van der Waals surface area contributed by atoms with Crippen molar-refractivity contribution in [3.63, 3.8) is 0 Å². The van der Waals surface area contributed by atoms with Crippen LogP contribution in [0.4, 0.5) is 0 Å². The first-order chi connectivity index (χ1) is 14.2. The molecule has 0 saturated heterocycles. The van der Waals surface area contributed by atoms with Crippen molar-refractivity contribution in [2.75, 3.05) is 20.2 Å². The molecular formula is C23H35IN4O2. The van der Waals surface area contributed by atoms with Gasteiger partial charge in [-0.25, -0.2) is 0 Å². The number of carbonyl (C=O) groups is 1. The number of para-hydroxylation sites is 1. The van der Waals surface area contributed by atoms with Crippen LogP contribution in [0.1, 0.15) is 50.7 Å². The average Bonchev–Trinajstić information content (AvgIpc) is 3.17. The quantitative estimate of drug-likeness (QED) is 0.219. The zero-order valence-corrected chi connectivity index (χ0v) is 20.6. The van der Waals surface area contributed by atoms with Crippen LogP contribution in [0.2, 0.25) is 0 Å². The summed E-state index contributed by atoms with van der Waals surface area (Å²) >= 11 is 0. The lowest BCUT2D eigenvalue weighted by Crippen LogP contribution is -2.45. The van der Waals surface area contributed by atoms with Gasteiger partial charge in [-0.15, -0.1) is 24.0 Å². The first kappa shape index (κ1) is 24.5. The van der Waals surface area contributed by atoms with Gasteiger partial charge in [-0.3, -0.25) is 9.79 Å². The molecule has 1 saturated carbocycles. The first-order valence-electron chi connectivity index (χ1n) is 10.9. The number of nitrogens with zero attached hydrogens (tertiary/aromatic N) is 1. The molecule has 0 bridgehead atoms. The van der Waals surface area contributed by atoms with Crippen molar-refractivity contribution in [2.24, 2.45) is 10.9 Å². The molecule has 6 nitrogen and oxygen atoms in total. The van der Waals surface area contributed by atoms with E-state index in [0.717, 1.165) is 51.0 Å². The maximum atomic E-state index is 11.9. The molecule has 1 fully saturated rings. The number of fused-ring (bicyclic) bond motifs is 1. The topological polar surface area (TPSA) is 78.5 Å². The summed E-state index contributed by atoms with van der Waals surface area (Å²) in [4.78, 5) is 19.7. The number of aliphatic imine (C=N–C) groups is 1. The number of rotatable bonds is 7. The van der Waals surface area contributed by atoms with Gasteiger partial charge in [0.1, 0.15) is 0 Å². The number of benzene rings is 1. The molecule has 7 heteroatoms. The van der Waals surface area contributed by atoms with Gasteiger partial charge in [0.2, 0.25) is 0 Å².